The first kappa shape index (κ1) is 23.8. The smallest absolute Gasteiger partial charge is 0.276 e. The van der Waals surface area contributed by atoms with Gasteiger partial charge in [-0.1, -0.05) is 11.6 Å². The minimum Gasteiger partial charge on any atom is -0.382 e. The number of anilines is 2. The summed E-state index contributed by atoms with van der Waals surface area (Å²) in [4.78, 5) is 22.2. The number of nitriles is 1. The molecule has 0 atom stereocenters. The summed E-state index contributed by atoms with van der Waals surface area (Å²) in [5.74, 6) is -0.154. The van der Waals surface area contributed by atoms with Crippen LogP contribution in [0.25, 0.3) is 0 Å². The van der Waals surface area contributed by atoms with Crippen molar-refractivity contribution in [2.45, 2.75) is 37.8 Å². The molecule has 7 nitrogen and oxygen atoms in total. The van der Waals surface area contributed by atoms with Gasteiger partial charge in [0, 0.05) is 74.0 Å². The SMILES string of the molecule is N#Cc1ccc(NC2CCC(=NC(=O)c3ccc(N4CCN(C5CNC5)CC4)cc3)CC2)cc1Cl. The van der Waals surface area contributed by atoms with Gasteiger partial charge in [-0.15, -0.1) is 0 Å². The summed E-state index contributed by atoms with van der Waals surface area (Å²) < 4.78 is 0. The van der Waals surface area contributed by atoms with Crippen molar-refractivity contribution < 1.29 is 4.79 Å². The summed E-state index contributed by atoms with van der Waals surface area (Å²) in [5, 5.41) is 16.3. The van der Waals surface area contributed by atoms with E-state index >= 15 is 0 Å². The monoisotopic (exact) mass is 490 g/mol. The van der Waals surface area contributed by atoms with E-state index in [9.17, 15) is 4.79 Å². The Kier molecular flexibility index (Phi) is 7.33. The summed E-state index contributed by atoms with van der Waals surface area (Å²) in [5.41, 5.74) is 4.18. The number of hydrogen-bond acceptors (Lipinski definition) is 6. The van der Waals surface area contributed by atoms with Crippen LogP contribution in [0.2, 0.25) is 5.02 Å². The zero-order chi connectivity index (χ0) is 24.2. The number of amides is 1. The van der Waals surface area contributed by atoms with E-state index in [4.69, 9.17) is 16.9 Å². The number of nitrogens with one attached hydrogen (secondary N) is 2. The van der Waals surface area contributed by atoms with E-state index in [0.717, 1.165) is 76.4 Å². The lowest BCUT2D eigenvalue weighted by atomic mass is 9.93. The molecule has 2 aromatic carbocycles. The van der Waals surface area contributed by atoms with Crippen molar-refractivity contribution in [2.24, 2.45) is 4.99 Å². The Hall–Kier alpha value is -2.92. The largest absolute Gasteiger partial charge is 0.382 e. The minimum atomic E-state index is -0.154. The van der Waals surface area contributed by atoms with Gasteiger partial charge in [0.1, 0.15) is 6.07 Å². The highest BCUT2D eigenvalue weighted by Gasteiger charge is 2.27. The van der Waals surface area contributed by atoms with Crippen LogP contribution in [0.5, 0.6) is 0 Å². The quantitative estimate of drug-likeness (QED) is 0.660. The van der Waals surface area contributed by atoms with Crippen LogP contribution in [0.4, 0.5) is 11.4 Å². The van der Waals surface area contributed by atoms with E-state index in [2.05, 4.69) is 43.6 Å². The standard InChI is InChI=1S/C27H31ClN6O/c28-26-15-23(4-1-20(26)16-29)31-21-5-7-22(8-6-21)32-27(35)19-2-9-24(10-3-19)33-11-13-34(14-12-33)25-17-30-18-25/h1-4,9-10,15,21,25,30-31H,5-8,11-14,17-18H2. The molecule has 3 fully saturated rings. The molecule has 2 N–H and O–H groups in total. The molecule has 1 amide bonds. The van der Waals surface area contributed by atoms with Crippen molar-refractivity contribution >= 4 is 34.6 Å². The number of carbonyl (C=O) groups is 1. The molecule has 0 aromatic heterocycles. The average molecular weight is 491 g/mol. The van der Waals surface area contributed by atoms with Gasteiger partial charge in [-0.25, -0.2) is 4.99 Å². The summed E-state index contributed by atoms with van der Waals surface area (Å²) in [6.45, 7) is 6.46. The van der Waals surface area contributed by atoms with Gasteiger partial charge in [-0.05, 0) is 68.1 Å². The van der Waals surface area contributed by atoms with Crippen molar-refractivity contribution in [2.75, 3.05) is 49.5 Å². The Morgan fingerprint density at radius 2 is 1.77 bits per heavy atom. The average Bonchev–Trinajstić information content (AvgIpc) is 2.85. The maximum Gasteiger partial charge on any atom is 0.276 e. The second-order valence-electron chi connectivity index (χ2n) is 9.59. The van der Waals surface area contributed by atoms with Crippen molar-refractivity contribution in [3.05, 3.63) is 58.6 Å². The van der Waals surface area contributed by atoms with Gasteiger partial charge in [0.05, 0.1) is 10.6 Å². The molecule has 0 spiro atoms. The van der Waals surface area contributed by atoms with E-state index in [1.807, 2.05) is 18.2 Å². The molecule has 2 saturated heterocycles. The highest BCUT2D eigenvalue weighted by Crippen LogP contribution is 2.25. The molecule has 3 aliphatic rings. The molecule has 1 saturated carbocycles. The van der Waals surface area contributed by atoms with Gasteiger partial charge >= 0.3 is 0 Å². The van der Waals surface area contributed by atoms with E-state index in [1.165, 1.54) is 5.69 Å². The Bertz CT molecular complexity index is 1120. The normalized spacial score (nSPS) is 21.2. The van der Waals surface area contributed by atoms with Gasteiger partial charge < -0.3 is 15.5 Å². The van der Waals surface area contributed by atoms with E-state index in [0.29, 0.717) is 28.2 Å². The third-order valence-corrected chi connectivity index (χ3v) is 7.67. The number of piperazine rings is 1. The highest BCUT2D eigenvalue weighted by atomic mass is 35.5. The van der Waals surface area contributed by atoms with Crippen LogP contribution >= 0.6 is 11.6 Å². The third kappa shape index (κ3) is 5.67. The van der Waals surface area contributed by atoms with Gasteiger partial charge in [0.25, 0.3) is 5.91 Å². The molecule has 0 unspecified atom stereocenters. The van der Waals surface area contributed by atoms with Crippen LogP contribution in [0.3, 0.4) is 0 Å². The molecule has 2 heterocycles. The minimum absolute atomic E-state index is 0.154. The van der Waals surface area contributed by atoms with Gasteiger partial charge in [0.2, 0.25) is 0 Å². The molecule has 2 aromatic rings. The second-order valence-corrected chi connectivity index (χ2v) is 10.00. The van der Waals surface area contributed by atoms with Gasteiger partial charge in [0.15, 0.2) is 0 Å². The molecule has 0 bridgehead atoms. The first-order valence-electron chi connectivity index (χ1n) is 12.5. The number of halogens is 1. The molecular weight excluding hydrogens is 460 g/mol. The molecule has 2 aliphatic heterocycles. The van der Waals surface area contributed by atoms with Crippen LogP contribution in [0, 0.1) is 11.3 Å². The lowest BCUT2D eigenvalue weighted by Gasteiger charge is -2.43. The zero-order valence-corrected chi connectivity index (χ0v) is 20.6. The maximum atomic E-state index is 12.8. The molecule has 0 radical (unpaired) electrons. The fraction of sp³-hybridized carbons (Fsp3) is 0.444. The number of aliphatic imine (C=N–C) groups is 1. The lowest BCUT2D eigenvalue weighted by Crippen LogP contribution is -2.61. The fourth-order valence-electron chi connectivity index (χ4n) is 5.04. The summed E-state index contributed by atoms with van der Waals surface area (Å²) in [6, 6.07) is 16.4. The first-order chi connectivity index (χ1) is 17.1. The van der Waals surface area contributed by atoms with E-state index in [-0.39, 0.29) is 5.91 Å². The van der Waals surface area contributed by atoms with Crippen molar-refractivity contribution in [3.8, 4) is 6.07 Å². The highest BCUT2D eigenvalue weighted by molar-refractivity contribution is 6.32. The summed E-state index contributed by atoms with van der Waals surface area (Å²) in [7, 11) is 0. The van der Waals surface area contributed by atoms with Crippen molar-refractivity contribution in [1.29, 1.82) is 5.26 Å². The second kappa shape index (κ2) is 10.8. The maximum absolute atomic E-state index is 12.8. The number of rotatable bonds is 5. The van der Waals surface area contributed by atoms with E-state index < -0.39 is 0 Å². The molecular formula is C27H31ClN6O. The number of carbonyl (C=O) groups excluding carboxylic acids is 1. The molecule has 35 heavy (non-hydrogen) atoms. The number of benzene rings is 2. The van der Waals surface area contributed by atoms with Crippen molar-refractivity contribution in [3.63, 3.8) is 0 Å². The molecule has 5 rings (SSSR count). The Morgan fingerprint density at radius 1 is 1.06 bits per heavy atom. The molecule has 182 valence electrons. The molecule has 1 aliphatic carbocycles. The Morgan fingerprint density at radius 3 is 2.37 bits per heavy atom. The summed E-state index contributed by atoms with van der Waals surface area (Å²) >= 11 is 6.14. The van der Waals surface area contributed by atoms with Crippen LogP contribution < -0.4 is 15.5 Å². The zero-order valence-electron chi connectivity index (χ0n) is 19.8. The Labute approximate surface area is 211 Å². The van der Waals surface area contributed by atoms with Gasteiger partial charge in [-0.2, -0.15) is 5.26 Å². The lowest BCUT2D eigenvalue weighted by molar-refractivity contribution is 0.100. The number of nitrogens with zero attached hydrogens (tertiary/aromatic N) is 4. The van der Waals surface area contributed by atoms with Crippen LogP contribution in [-0.2, 0) is 0 Å². The first-order valence-corrected chi connectivity index (χ1v) is 12.8. The summed E-state index contributed by atoms with van der Waals surface area (Å²) in [6.07, 6.45) is 3.41. The predicted molar refractivity (Wildman–Crippen MR) is 141 cm³/mol. The topological polar surface area (TPSA) is 83.8 Å². The third-order valence-electron chi connectivity index (χ3n) is 7.35. The van der Waals surface area contributed by atoms with E-state index in [1.54, 1.807) is 12.1 Å². The van der Waals surface area contributed by atoms with Crippen molar-refractivity contribution in [1.82, 2.24) is 10.2 Å². The van der Waals surface area contributed by atoms with Crippen LogP contribution in [-0.4, -0.2) is 67.9 Å². The van der Waals surface area contributed by atoms with Crippen LogP contribution in [0.15, 0.2) is 47.5 Å². The number of hydrogen-bond donors (Lipinski definition) is 2. The van der Waals surface area contributed by atoms with Gasteiger partial charge in [-0.3, -0.25) is 9.69 Å². The Balaban J connectivity index is 1.11. The fourth-order valence-corrected chi connectivity index (χ4v) is 5.26. The predicted octanol–water partition coefficient (Wildman–Crippen LogP) is 3.94. The molecule has 8 heteroatoms. The van der Waals surface area contributed by atoms with Crippen LogP contribution in [0.1, 0.15) is 41.6 Å².